The molecule has 2 bridgehead atoms. The highest BCUT2D eigenvalue weighted by Gasteiger charge is 2.34. The number of ether oxygens (including phenoxy) is 1. The maximum absolute atomic E-state index is 12.7. The molecule has 2 unspecified atom stereocenters. The number of hydrogen-bond donors (Lipinski definition) is 3. The van der Waals surface area contributed by atoms with Crippen LogP contribution in [0.3, 0.4) is 0 Å². The fourth-order valence-electron chi connectivity index (χ4n) is 5.94. The number of amides is 2. The van der Waals surface area contributed by atoms with Crippen LogP contribution in [0.15, 0.2) is 54.6 Å². The lowest BCUT2D eigenvalue weighted by atomic mass is 10.2. The molecule has 45 heavy (non-hydrogen) atoms. The Hall–Kier alpha value is -3.78. The van der Waals surface area contributed by atoms with Crippen molar-refractivity contribution < 1.29 is 17.9 Å². The third-order valence-corrected chi connectivity index (χ3v) is 9.42. The van der Waals surface area contributed by atoms with Crippen molar-refractivity contribution in [3.8, 4) is 11.4 Å². The van der Waals surface area contributed by atoms with Crippen molar-refractivity contribution in [2.45, 2.75) is 31.6 Å². The molecule has 3 N–H and O–H groups in total. The number of hydrogen-bond acceptors (Lipinski definition) is 10. The van der Waals surface area contributed by atoms with Gasteiger partial charge in [0.1, 0.15) is 21.5 Å². The molecule has 240 valence electrons. The van der Waals surface area contributed by atoms with Gasteiger partial charge in [0.25, 0.3) is 0 Å². The van der Waals surface area contributed by atoms with Gasteiger partial charge in [-0.05, 0) is 61.9 Å². The number of likely N-dealkylation sites (N-methyl/N-ethyl adjacent to an activating group) is 1. The van der Waals surface area contributed by atoms with E-state index in [1.165, 1.54) is 11.8 Å². The maximum Gasteiger partial charge on any atom is 0.323 e. The standard InChI is InChI=1S/C32H42N8O4S/c1-38-14-16-39(17-15-38)20-23-3-7-25(8-4-23)34-32(41)35-26-9-5-24(6-10-26)31-36-29(33-13-18-45(2,42)43)19-30(37-31)40-21-27-11-12-28(22-40)44-27/h3-10,19,27-28H,11-18,20-22H2,1-2H3,(H,33,36,37)(H2,34,35,41). The number of nitrogens with zero attached hydrogens (tertiary/aromatic N) is 5. The van der Waals surface area contributed by atoms with E-state index >= 15 is 0 Å². The van der Waals surface area contributed by atoms with Gasteiger partial charge in [0.05, 0.1) is 18.0 Å². The Bertz CT molecular complexity index is 1570. The molecule has 0 aliphatic carbocycles. The van der Waals surface area contributed by atoms with Gasteiger partial charge in [-0.2, -0.15) is 0 Å². The molecule has 2 amide bonds. The highest BCUT2D eigenvalue weighted by atomic mass is 32.2. The summed E-state index contributed by atoms with van der Waals surface area (Å²) in [4.78, 5) is 29.3. The first-order chi connectivity index (χ1) is 21.6. The summed E-state index contributed by atoms with van der Waals surface area (Å²) in [5, 5.41) is 8.95. The lowest BCUT2D eigenvalue weighted by Gasteiger charge is -2.33. The molecule has 0 spiro atoms. The van der Waals surface area contributed by atoms with Gasteiger partial charge in [-0.25, -0.2) is 23.2 Å². The summed E-state index contributed by atoms with van der Waals surface area (Å²) in [6, 6.07) is 16.9. The lowest BCUT2D eigenvalue weighted by Crippen LogP contribution is -2.43. The molecule has 2 atom stereocenters. The van der Waals surface area contributed by atoms with Crippen molar-refractivity contribution in [2.75, 3.05) is 85.7 Å². The van der Waals surface area contributed by atoms with E-state index in [2.05, 4.69) is 54.8 Å². The van der Waals surface area contributed by atoms with Crippen LogP contribution in [0.25, 0.3) is 11.4 Å². The SMILES string of the molecule is CN1CCN(Cc2ccc(NC(=O)Nc3ccc(-c4nc(NCCS(C)(=O)=O)cc(N5CC6CCC(C5)O6)n4)cc3)cc2)CC1. The number of rotatable bonds is 10. The normalized spacial score (nSPS) is 20.6. The molecule has 12 nitrogen and oxygen atoms in total. The molecule has 3 aliphatic rings. The number of fused-ring (bicyclic) bond motifs is 2. The smallest absolute Gasteiger partial charge is 0.323 e. The molecule has 13 heteroatoms. The second-order valence-electron chi connectivity index (χ2n) is 12.3. The molecule has 3 fully saturated rings. The maximum atomic E-state index is 12.7. The minimum Gasteiger partial charge on any atom is -0.371 e. The van der Waals surface area contributed by atoms with Crippen LogP contribution in [0, 0.1) is 0 Å². The number of benzene rings is 2. The number of urea groups is 1. The summed E-state index contributed by atoms with van der Waals surface area (Å²) in [6.45, 7) is 6.97. The summed E-state index contributed by atoms with van der Waals surface area (Å²) in [6.07, 6.45) is 3.70. The molecule has 3 aliphatic heterocycles. The number of piperazine rings is 1. The monoisotopic (exact) mass is 634 g/mol. The zero-order valence-electron chi connectivity index (χ0n) is 25.9. The third-order valence-electron chi connectivity index (χ3n) is 8.47. The van der Waals surface area contributed by atoms with E-state index < -0.39 is 9.84 Å². The van der Waals surface area contributed by atoms with Crippen LogP contribution in [-0.4, -0.2) is 111 Å². The lowest BCUT2D eigenvalue weighted by molar-refractivity contribution is 0.0302. The number of morpholine rings is 1. The Balaban J connectivity index is 1.09. The summed E-state index contributed by atoms with van der Waals surface area (Å²) in [7, 11) is -0.959. The van der Waals surface area contributed by atoms with Crippen LogP contribution >= 0.6 is 0 Å². The Kier molecular flexibility index (Phi) is 9.50. The van der Waals surface area contributed by atoms with Gasteiger partial charge >= 0.3 is 6.03 Å². The number of sulfone groups is 1. The topological polar surface area (TPSA) is 132 Å². The average Bonchev–Trinajstić information content (AvgIpc) is 3.35. The number of nitrogens with one attached hydrogen (secondary N) is 3. The van der Waals surface area contributed by atoms with E-state index in [1.54, 1.807) is 0 Å². The van der Waals surface area contributed by atoms with Gasteiger partial charge in [0, 0.05) is 81.6 Å². The molecule has 3 aromatic rings. The van der Waals surface area contributed by atoms with Gasteiger partial charge in [-0.15, -0.1) is 0 Å². The third kappa shape index (κ3) is 8.69. The predicted molar refractivity (Wildman–Crippen MR) is 178 cm³/mol. The second-order valence-corrected chi connectivity index (χ2v) is 14.5. The first-order valence-electron chi connectivity index (χ1n) is 15.5. The van der Waals surface area contributed by atoms with E-state index in [1.807, 2.05) is 42.5 Å². The second kappa shape index (κ2) is 13.7. The van der Waals surface area contributed by atoms with Gasteiger partial charge in [0.2, 0.25) is 0 Å². The Morgan fingerprint density at radius 3 is 2.16 bits per heavy atom. The van der Waals surface area contributed by atoms with E-state index in [4.69, 9.17) is 9.72 Å². The van der Waals surface area contributed by atoms with Crippen molar-refractivity contribution >= 4 is 38.9 Å². The van der Waals surface area contributed by atoms with Gasteiger partial charge in [-0.1, -0.05) is 12.1 Å². The van der Waals surface area contributed by atoms with Crippen molar-refractivity contribution in [1.82, 2.24) is 19.8 Å². The zero-order chi connectivity index (χ0) is 31.4. The summed E-state index contributed by atoms with van der Waals surface area (Å²) < 4.78 is 29.3. The van der Waals surface area contributed by atoms with Crippen LogP contribution in [-0.2, 0) is 21.1 Å². The molecule has 3 saturated heterocycles. The number of anilines is 4. The first kappa shape index (κ1) is 31.2. The largest absolute Gasteiger partial charge is 0.371 e. The van der Waals surface area contributed by atoms with Crippen LogP contribution in [0.1, 0.15) is 18.4 Å². The highest BCUT2D eigenvalue weighted by molar-refractivity contribution is 7.90. The molecule has 4 heterocycles. The summed E-state index contributed by atoms with van der Waals surface area (Å²) in [5.74, 6) is 1.86. The number of carbonyl (C=O) groups excluding carboxylic acids is 1. The molecule has 0 radical (unpaired) electrons. The summed E-state index contributed by atoms with van der Waals surface area (Å²) >= 11 is 0. The van der Waals surface area contributed by atoms with Crippen LogP contribution in [0.2, 0.25) is 0 Å². The van der Waals surface area contributed by atoms with Crippen LogP contribution in [0.4, 0.5) is 27.8 Å². The zero-order valence-corrected chi connectivity index (χ0v) is 26.7. The number of carbonyl (C=O) groups is 1. The number of aromatic nitrogens is 2. The minimum atomic E-state index is -3.11. The quantitative estimate of drug-likeness (QED) is 0.305. The Labute approximate surface area is 265 Å². The van der Waals surface area contributed by atoms with Crippen molar-refractivity contribution in [3.05, 3.63) is 60.2 Å². The van der Waals surface area contributed by atoms with Gasteiger partial charge in [0.15, 0.2) is 5.82 Å². The fourth-order valence-corrected chi connectivity index (χ4v) is 6.41. The fraction of sp³-hybridized carbons (Fsp3) is 0.469. The van der Waals surface area contributed by atoms with E-state index in [0.29, 0.717) is 17.3 Å². The van der Waals surface area contributed by atoms with E-state index in [0.717, 1.165) is 75.7 Å². The van der Waals surface area contributed by atoms with Crippen molar-refractivity contribution in [3.63, 3.8) is 0 Å². The molecule has 2 aromatic carbocycles. The Morgan fingerprint density at radius 2 is 1.53 bits per heavy atom. The van der Waals surface area contributed by atoms with Crippen LogP contribution in [0.5, 0.6) is 0 Å². The van der Waals surface area contributed by atoms with Crippen LogP contribution < -0.4 is 20.9 Å². The Morgan fingerprint density at radius 1 is 0.911 bits per heavy atom. The van der Waals surface area contributed by atoms with Crippen molar-refractivity contribution in [2.24, 2.45) is 0 Å². The average molecular weight is 635 g/mol. The molecule has 1 aromatic heterocycles. The van der Waals surface area contributed by atoms with E-state index in [-0.39, 0.29) is 30.5 Å². The summed E-state index contributed by atoms with van der Waals surface area (Å²) in [5.41, 5.74) is 3.36. The highest BCUT2D eigenvalue weighted by Crippen LogP contribution is 2.31. The molecule has 0 saturated carbocycles. The predicted octanol–water partition coefficient (Wildman–Crippen LogP) is 3.36. The minimum absolute atomic E-state index is 0.00650. The van der Waals surface area contributed by atoms with Gasteiger partial charge in [-0.3, -0.25) is 4.90 Å². The first-order valence-corrected chi connectivity index (χ1v) is 17.6. The van der Waals surface area contributed by atoms with Gasteiger partial charge < -0.3 is 30.5 Å². The molecule has 6 rings (SSSR count). The molecular weight excluding hydrogens is 592 g/mol. The van der Waals surface area contributed by atoms with E-state index in [9.17, 15) is 13.2 Å². The van der Waals surface area contributed by atoms with Crippen molar-refractivity contribution in [1.29, 1.82) is 0 Å². The molecular formula is C32H42N8O4S.